The van der Waals surface area contributed by atoms with Gasteiger partial charge in [-0.15, -0.1) is 0 Å². The Kier molecular flexibility index (Phi) is 4.09. The molecular weight excluding hydrogens is 208 g/mol. The quantitative estimate of drug-likeness (QED) is 0.788. The lowest BCUT2D eigenvalue weighted by atomic mass is 10.2. The fourth-order valence-corrected chi connectivity index (χ4v) is 2.28. The maximum Gasteiger partial charge on any atom is 0.171 e. The molecule has 0 aliphatic heterocycles. The highest BCUT2D eigenvalue weighted by Crippen LogP contribution is 2.07. The average molecular weight is 224 g/mol. The molecule has 0 amide bonds. The van der Waals surface area contributed by atoms with Crippen LogP contribution in [0.1, 0.15) is 24.5 Å². The van der Waals surface area contributed by atoms with E-state index in [2.05, 4.69) is 0 Å². The molecule has 0 aliphatic rings. The number of aryl methyl sites for hydroxylation is 1. The molecule has 0 spiro atoms. The first kappa shape index (κ1) is 12.0. The summed E-state index contributed by atoms with van der Waals surface area (Å²) >= 11 is 0. The topological polar surface area (TPSA) is 34.1 Å². The molecule has 0 aromatic heterocycles. The summed E-state index contributed by atoms with van der Waals surface area (Å²) in [4.78, 5) is 0. The van der Waals surface area contributed by atoms with Crippen molar-refractivity contribution < 1.29 is 8.42 Å². The van der Waals surface area contributed by atoms with Crippen molar-refractivity contribution in [3.05, 3.63) is 40.8 Å². The van der Waals surface area contributed by atoms with E-state index in [0.717, 1.165) is 5.56 Å². The molecule has 3 heteroatoms. The highest BCUT2D eigenvalue weighted by Gasteiger charge is 2.02. The predicted octanol–water partition coefficient (Wildman–Crippen LogP) is 2.79. The van der Waals surface area contributed by atoms with Gasteiger partial charge < -0.3 is 0 Å². The Balaban J connectivity index is 2.78. The van der Waals surface area contributed by atoms with E-state index >= 15 is 0 Å². The molecule has 15 heavy (non-hydrogen) atoms. The molecule has 82 valence electrons. The summed E-state index contributed by atoms with van der Waals surface area (Å²) in [5, 5.41) is 1.29. The van der Waals surface area contributed by atoms with E-state index < -0.39 is 9.84 Å². The average Bonchev–Trinajstić information content (AvgIpc) is 2.17. The minimum atomic E-state index is -3.02. The van der Waals surface area contributed by atoms with Gasteiger partial charge in [-0.05, 0) is 25.0 Å². The van der Waals surface area contributed by atoms with Crippen molar-refractivity contribution in [1.82, 2.24) is 0 Å². The second kappa shape index (κ2) is 5.12. The molecule has 0 saturated heterocycles. The number of hydrogen-bond donors (Lipinski definition) is 0. The summed E-state index contributed by atoms with van der Waals surface area (Å²) in [6.45, 7) is 3.86. The summed E-state index contributed by atoms with van der Waals surface area (Å²) in [6.07, 6.45) is 2.30. The normalized spacial score (nSPS) is 12.1. The van der Waals surface area contributed by atoms with E-state index in [0.29, 0.717) is 6.42 Å². The summed E-state index contributed by atoms with van der Waals surface area (Å²) in [6, 6.07) is 7.75. The summed E-state index contributed by atoms with van der Waals surface area (Å²) in [5.41, 5.74) is 2.09. The Morgan fingerprint density at radius 2 is 1.80 bits per heavy atom. The predicted molar refractivity (Wildman–Crippen MR) is 64.3 cm³/mol. The standard InChI is InChI=1S/C12H16O2S/c1-3-9-15(13,14)10-8-12-6-4-11(2)5-7-12/h4-8,10H,3,9H2,1-2H3/b10-8+. The van der Waals surface area contributed by atoms with Crippen LogP contribution in [0.15, 0.2) is 29.7 Å². The van der Waals surface area contributed by atoms with E-state index in [1.165, 1.54) is 11.0 Å². The highest BCUT2D eigenvalue weighted by molar-refractivity contribution is 7.94. The molecule has 1 aromatic rings. The largest absolute Gasteiger partial charge is 0.224 e. The number of sulfone groups is 1. The van der Waals surface area contributed by atoms with Crippen molar-refractivity contribution in [3.63, 3.8) is 0 Å². The van der Waals surface area contributed by atoms with Crippen molar-refractivity contribution in [2.45, 2.75) is 20.3 Å². The molecule has 1 aromatic carbocycles. The molecule has 1 rings (SSSR count). The third-order valence-corrected chi connectivity index (χ3v) is 3.56. The van der Waals surface area contributed by atoms with Gasteiger partial charge in [-0.25, -0.2) is 8.42 Å². The van der Waals surface area contributed by atoms with E-state index in [1.807, 2.05) is 38.1 Å². The lowest BCUT2D eigenvalue weighted by Gasteiger charge is -1.96. The molecule has 0 bridgehead atoms. The molecule has 0 heterocycles. The zero-order chi connectivity index (χ0) is 11.3. The molecule has 0 saturated carbocycles. The molecular formula is C12H16O2S. The Morgan fingerprint density at radius 1 is 1.20 bits per heavy atom. The highest BCUT2D eigenvalue weighted by atomic mass is 32.2. The zero-order valence-corrected chi connectivity index (χ0v) is 9.92. The van der Waals surface area contributed by atoms with Crippen LogP contribution < -0.4 is 0 Å². The van der Waals surface area contributed by atoms with Gasteiger partial charge in [-0.2, -0.15) is 0 Å². The lowest BCUT2D eigenvalue weighted by molar-refractivity contribution is 0.603. The van der Waals surface area contributed by atoms with E-state index in [9.17, 15) is 8.42 Å². The Labute approximate surface area is 91.6 Å². The van der Waals surface area contributed by atoms with E-state index in [1.54, 1.807) is 6.08 Å². The lowest BCUT2D eigenvalue weighted by Crippen LogP contribution is -1.99. The second-order valence-electron chi connectivity index (χ2n) is 3.58. The molecule has 0 unspecified atom stereocenters. The number of rotatable bonds is 4. The van der Waals surface area contributed by atoms with Crippen LogP contribution in [0.4, 0.5) is 0 Å². The first-order chi connectivity index (χ1) is 7.03. The molecule has 0 N–H and O–H groups in total. The van der Waals surface area contributed by atoms with Crippen LogP contribution in [-0.2, 0) is 9.84 Å². The van der Waals surface area contributed by atoms with Gasteiger partial charge in [-0.3, -0.25) is 0 Å². The van der Waals surface area contributed by atoms with Gasteiger partial charge in [0, 0.05) is 5.41 Å². The van der Waals surface area contributed by atoms with Crippen LogP contribution in [0.2, 0.25) is 0 Å². The third-order valence-electron chi connectivity index (χ3n) is 2.03. The van der Waals surface area contributed by atoms with Crippen molar-refractivity contribution in [3.8, 4) is 0 Å². The van der Waals surface area contributed by atoms with Gasteiger partial charge in [0.1, 0.15) is 0 Å². The molecule has 0 atom stereocenters. The molecule has 0 aliphatic carbocycles. The van der Waals surface area contributed by atoms with Crippen molar-refractivity contribution in [2.75, 3.05) is 5.75 Å². The van der Waals surface area contributed by atoms with E-state index in [4.69, 9.17) is 0 Å². The molecule has 0 radical (unpaired) electrons. The monoisotopic (exact) mass is 224 g/mol. The summed E-state index contributed by atoms with van der Waals surface area (Å²) in [5.74, 6) is 0.218. The van der Waals surface area contributed by atoms with Gasteiger partial charge in [0.15, 0.2) is 9.84 Å². The third kappa shape index (κ3) is 4.30. The fourth-order valence-electron chi connectivity index (χ4n) is 1.21. The minimum Gasteiger partial charge on any atom is -0.224 e. The van der Waals surface area contributed by atoms with Crippen LogP contribution >= 0.6 is 0 Å². The molecule has 2 nitrogen and oxygen atoms in total. The Morgan fingerprint density at radius 3 is 2.33 bits per heavy atom. The van der Waals surface area contributed by atoms with Gasteiger partial charge in [-0.1, -0.05) is 36.8 Å². The van der Waals surface area contributed by atoms with Crippen LogP contribution in [0.3, 0.4) is 0 Å². The smallest absolute Gasteiger partial charge is 0.171 e. The Bertz CT molecular complexity index is 427. The summed E-state index contributed by atoms with van der Waals surface area (Å²) in [7, 11) is -3.02. The SMILES string of the molecule is CCCS(=O)(=O)/C=C/c1ccc(C)cc1. The maximum atomic E-state index is 11.4. The van der Waals surface area contributed by atoms with Gasteiger partial charge in [0.25, 0.3) is 0 Å². The summed E-state index contributed by atoms with van der Waals surface area (Å²) < 4.78 is 22.8. The van der Waals surface area contributed by atoms with Crippen molar-refractivity contribution in [1.29, 1.82) is 0 Å². The second-order valence-corrected chi connectivity index (χ2v) is 5.59. The first-order valence-corrected chi connectivity index (χ1v) is 6.72. The van der Waals surface area contributed by atoms with Crippen molar-refractivity contribution >= 4 is 15.9 Å². The maximum absolute atomic E-state index is 11.4. The molecule has 0 fully saturated rings. The Hall–Kier alpha value is -1.09. The van der Waals surface area contributed by atoms with E-state index in [-0.39, 0.29) is 5.75 Å². The van der Waals surface area contributed by atoms with Crippen LogP contribution in [0, 0.1) is 6.92 Å². The van der Waals surface area contributed by atoms with Gasteiger partial charge >= 0.3 is 0 Å². The van der Waals surface area contributed by atoms with Crippen molar-refractivity contribution in [2.24, 2.45) is 0 Å². The number of benzene rings is 1. The van der Waals surface area contributed by atoms with Gasteiger partial charge in [0.05, 0.1) is 5.75 Å². The zero-order valence-electron chi connectivity index (χ0n) is 9.10. The fraction of sp³-hybridized carbons (Fsp3) is 0.333. The van der Waals surface area contributed by atoms with Crippen LogP contribution in [-0.4, -0.2) is 14.2 Å². The number of hydrogen-bond acceptors (Lipinski definition) is 2. The minimum absolute atomic E-state index is 0.218. The van der Waals surface area contributed by atoms with Crippen LogP contribution in [0.5, 0.6) is 0 Å². The van der Waals surface area contributed by atoms with Gasteiger partial charge in [0.2, 0.25) is 0 Å². The first-order valence-electron chi connectivity index (χ1n) is 5.01. The van der Waals surface area contributed by atoms with Crippen LogP contribution in [0.25, 0.3) is 6.08 Å².